The summed E-state index contributed by atoms with van der Waals surface area (Å²) < 4.78 is 12.7. The van der Waals surface area contributed by atoms with Crippen LogP contribution in [0.4, 0.5) is 4.39 Å². The van der Waals surface area contributed by atoms with Gasteiger partial charge in [-0.1, -0.05) is 35.0 Å². The Kier molecular flexibility index (Phi) is 7.13. The average molecular weight is 305 g/mol. The van der Waals surface area contributed by atoms with E-state index in [2.05, 4.69) is 22.9 Å². The van der Waals surface area contributed by atoms with Crippen molar-refractivity contribution in [1.29, 1.82) is 0 Å². The highest BCUT2D eigenvalue weighted by molar-refractivity contribution is 9.09. The van der Waals surface area contributed by atoms with Crippen LogP contribution in [0.2, 0.25) is 0 Å². The molecule has 0 aromatic heterocycles. The Bertz CT molecular complexity index is 286. The van der Waals surface area contributed by atoms with E-state index in [0.717, 1.165) is 11.8 Å². The van der Waals surface area contributed by atoms with E-state index in [1.807, 2.05) is 23.9 Å². The number of benzene rings is 1. The van der Waals surface area contributed by atoms with Crippen LogP contribution in [0.5, 0.6) is 0 Å². The zero-order valence-electron chi connectivity index (χ0n) is 9.59. The van der Waals surface area contributed by atoms with Gasteiger partial charge in [-0.15, -0.1) is 0 Å². The maximum Gasteiger partial charge on any atom is 0.123 e. The quantitative estimate of drug-likeness (QED) is 0.527. The van der Waals surface area contributed by atoms with E-state index >= 15 is 0 Å². The molecule has 90 valence electrons. The number of hydrogen-bond acceptors (Lipinski definition) is 1. The minimum Gasteiger partial charge on any atom is -0.207 e. The third-order valence-corrected chi connectivity index (χ3v) is 4.38. The first-order valence-electron chi connectivity index (χ1n) is 5.64. The van der Waals surface area contributed by atoms with E-state index in [0.29, 0.717) is 5.92 Å². The topological polar surface area (TPSA) is 0 Å². The van der Waals surface area contributed by atoms with Crippen molar-refractivity contribution in [2.45, 2.75) is 19.8 Å². The molecule has 1 atom stereocenters. The van der Waals surface area contributed by atoms with E-state index in [9.17, 15) is 4.39 Å². The zero-order valence-corrected chi connectivity index (χ0v) is 12.0. The van der Waals surface area contributed by atoms with Crippen molar-refractivity contribution in [2.24, 2.45) is 5.92 Å². The van der Waals surface area contributed by atoms with Gasteiger partial charge in [0.2, 0.25) is 0 Å². The average Bonchev–Trinajstić information content (AvgIpc) is 2.31. The van der Waals surface area contributed by atoms with Crippen molar-refractivity contribution in [3.05, 3.63) is 35.6 Å². The fraction of sp³-hybridized carbons (Fsp3) is 0.538. The molecule has 0 amide bonds. The molecular weight excluding hydrogens is 287 g/mol. The summed E-state index contributed by atoms with van der Waals surface area (Å²) in [4.78, 5) is 0. The lowest BCUT2D eigenvalue weighted by atomic mass is 9.99. The molecule has 1 rings (SSSR count). The summed E-state index contributed by atoms with van der Waals surface area (Å²) in [6.45, 7) is 2.19. The highest BCUT2D eigenvalue weighted by atomic mass is 79.9. The highest BCUT2D eigenvalue weighted by Gasteiger charge is 2.08. The molecule has 0 saturated carbocycles. The fourth-order valence-corrected chi connectivity index (χ4v) is 2.92. The summed E-state index contributed by atoms with van der Waals surface area (Å²) in [5, 5.41) is 1.02. The molecule has 1 aromatic rings. The predicted octanol–water partition coefficient (Wildman–Crippen LogP) is 4.52. The zero-order chi connectivity index (χ0) is 11.8. The first kappa shape index (κ1) is 14.0. The molecule has 0 aliphatic heterocycles. The second-order valence-corrected chi connectivity index (χ2v) is 5.88. The van der Waals surface area contributed by atoms with Crippen molar-refractivity contribution < 1.29 is 4.39 Å². The Labute approximate surface area is 110 Å². The van der Waals surface area contributed by atoms with E-state index in [4.69, 9.17) is 0 Å². The number of hydrogen-bond donors (Lipinski definition) is 0. The molecule has 0 saturated heterocycles. The smallest absolute Gasteiger partial charge is 0.123 e. The number of alkyl halides is 1. The summed E-state index contributed by atoms with van der Waals surface area (Å²) in [7, 11) is 0. The third-order valence-electron chi connectivity index (χ3n) is 2.53. The van der Waals surface area contributed by atoms with Crippen LogP contribution >= 0.6 is 27.7 Å². The second-order valence-electron chi connectivity index (χ2n) is 3.84. The van der Waals surface area contributed by atoms with E-state index in [1.54, 1.807) is 12.1 Å². The molecule has 0 fully saturated rings. The van der Waals surface area contributed by atoms with Gasteiger partial charge in [0.1, 0.15) is 5.82 Å². The van der Waals surface area contributed by atoms with E-state index < -0.39 is 0 Å². The Balaban J connectivity index is 2.40. The molecule has 1 unspecified atom stereocenters. The summed E-state index contributed by atoms with van der Waals surface area (Å²) >= 11 is 5.54. The van der Waals surface area contributed by atoms with Crippen molar-refractivity contribution in [2.75, 3.05) is 16.8 Å². The van der Waals surface area contributed by atoms with Crippen molar-refractivity contribution in [3.63, 3.8) is 0 Å². The summed E-state index contributed by atoms with van der Waals surface area (Å²) in [5.41, 5.74) is 1.23. The molecule has 1 aromatic carbocycles. The van der Waals surface area contributed by atoms with Crippen LogP contribution in [0.1, 0.15) is 18.9 Å². The lowest BCUT2D eigenvalue weighted by Crippen LogP contribution is -2.07. The molecular formula is C13H18BrFS. The van der Waals surface area contributed by atoms with Gasteiger partial charge in [-0.25, -0.2) is 4.39 Å². The number of rotatable bonds is 7. The summed E-state index contributed by atoms with van der Waals surface area (Å²) in [6, 6.07) is 6.86. The van der Waals surface area contributed by atoms with Gasteiger partial charge in [0, 0.05) is 5.33 Å². The molecule has 0 N–H and O–H groups in total. The fourth-order valence-electron chi connectivity index (χ4n) is 1.58. The number of thioether (sulfide) groups is 1. The van der Waals surface area contributed by atoms with Crippen LogP contribution in [-0.2, 0) is 6.42 Å². The van der Waals surface area contributed by atoms with Crippen molar-refractivity contribution >= 4 is 27.7 Å². The Morgan fingerprint density at radius 2 is 2.00 bits per heavy atom. The maximum atomic E-state index is 12.7. The predicted molar refractivity (Wildman–Crippen MR) is 75.0 cm³/mol. The lowest BCUT2D eigenvalue weighted by Gasteiger charge is -2.13. The van der Waals surface area contributed by atoms with Crippen LogP contribution in [0, 0.1) is 11.7 Å². The molecule has 0 bridgehead atoms. The van der Waals surface area contributed by atoms with Gasteiger partial charge in [-0.2, -0.15) is 11.8 Å². The van der Waals surface area contributed by atoms with Crippen molar-refractivity contribution in [1.82, 2.24) is 0 Å². The monoisotopic (exact) mass is 304 g/mol. The standard InChI is InChI=1S/C13H18BrFS/c1-2-16-8-7-12(10-14)9-11-3-5-13(15)6-4-11/h3-6,12H,2,7-10H2,1H3. The molecule has 3 heteroatoms. The molecule has 16 heavy (non-hydrogen) atoms. The van der Waals surface area contributed by atoms with Gasteiger partial charge >= 0.3 is 0 Å². The molecule has 0 nitrogen and oxygen atoms in total. The Morgan fingerprint density at radius 3 is 2.56 bits per heavy atom. The molecule has 0 aliphatic rings. The van der Waals surface area contributed by atoms with Gasteiger partial charge in [0.05, 0.1) is 0 Å². The minimum absolute atomic E-state index is 0.152. The van der Waals surface area contributed by atoms with Crippen LogP contribution in [-0.4, -0.2) is 16.8 Å². The van der Waals surface area contributed by atoms with Gasteiger partial charge in [0.25, 0.3) is 0 Å². The van der Waals surface area contributed by atoms with Crippen LogP contribution in [0.25, 0.3) is 0 Å². The summed E-state index contributed by atoms with van der Waals surface area (Å²) in [6.07, 6.45) is 2.26. The summed E-state index contributed by atoms with van der Waals surface area (Å²) in [5.74, 6) is 2.91. The van der Waals surface area contributed by atoms with Gasteiger partial charge in [-0.05, 0) is 48.0 Å². The number of halogens is 2. The lowest BCUT2D eigenvalue weighted by molar-refractivity contribution is 0.576. The van der Waals surface area contributed by atoms with Crippen LogP contribution in [0.15, 0.2) is 24.3 Å². The van der Waals surface area contributed by atoms with Gasteiger partial charge < -0.3 is 0 Å². The first-order valence-corrected chi connectivity index (χ1v) is 7.92. The highest BCUT2D eigenvalue weighted by Crippen LogP contribution is 2.18. The second kappa shape index (κ2) is 8.13. The third kappa shape index (κ3) is 5.35. The molecule has 0 spiro atoms. The van der Waals surface area contributed by atoms with E-state index in [1.165, 1.54) is 23.5 Å². The molecule has 0 aliphatic carbocycles. The Morgan fingerprint density at radius 1 is 1.31 bits per heavy atom. The normalized spacial score (nSPS) is 12.7. The molecule has 0 radical (unpaired) electrons. The van der Waals surface area contributed by atoms with Gasteiger partial charge in [-0.3, -0.25) is 0 Å². The minimum atomic E-state index is -0.152. The van der Waals surface area contributed by atoms with Crippen molar-refractivity contribution in [3.8, 4) is 0 Å². The molecule has 0 heterocycles. The van der Waals surface area contributed by atoms with E-state index in [-0.39, 0.29) is 5.82 Å². The maximum absolute atomic E-state index is 12.7. The SMILES string of the molecule is CCSCCC(CBr)Cc1ccc(F)cc1. The van der Waals surface area contributed by atoms with Crippen LogP contribution < -0.4 is 0 Å². The Hall–Kier alpha value is -0.0200. The largest absolute Gasteiger partial charge is 0.207 e. The first-order chi connectivity index (χ1) is 7.76. The van der Waals surface area contributed by atoms with Gasteiger partial charge in [0.15, 0.2) is 0 Å². The van der Waals surface area contributed by atoms with Crippen LogP contribution in [0.3, 0.4) is 0 Å².